The van der Waals surface area contributed by atoms with Crippen LogP contribution in [0.4, 0.5) is 8.78 Å². The lowest BCUT2D eigenvalue weighted by Crippen LogP contribution is -2.52. The second-order valence-corrected chi connectivity index (χ2v) is 5.53. The van der Waals surface area contributed by atoms with Crippen molar-refractivity contribution in [3.63, 3.8) is 0 Å². The average Bonchev–Trinajstić information content (AvgIpc) is 2.37. The van der Waals surface area contributed by atoms with E-state index in [9.17, 15) is 8.78 Å². The molecule has 0 spiro atoms. The lowest BCUT2D eigenvalue weighted by atomic mass is 9.99. The van der Waals surface area contributed by atoms with Crippen LogP contribution in [0.25, 0.3) is 0 Å². The average molecular weight is 268 g/mol. The summed E-state index contributed by atoms with van der Waals surface area (Å²) in [5, 5.41) is 2.18. The fourth-order valence-electron chi connectivity index (χ4n) is 2.82. The van der Waals surface area contributed by atoms with Gasteiger partial charge in [-0.05, 0) is 39.7 Å². The molecule has 1 heterocycles. The first-order valence-corrected chi connectivity index (χ1v) is 6.99. The molecule has 1 aromatic carbocycles. The zero-order valence-electron chi connectivity index (χ0n) is 11.8. The molecule has 0 bridgehead atoms. The van der Waals surface area contributed by atoms with Gasteiger partial charge in [-0.25, -0.2) is 19.2 Å². The molecule has 0 saturated carbocycles. The van der Waals surface area contributed by atoms with E-state index in [1.807, 2.05) is 6.92 Å². The molecule has 3 unspecified atom stereocenters. The van der Waals surface area contributed by atoms with E-state index in [-0.39, 0.29) is 6.04 Å². The third-order valence-electron chi connectivity index (χ3n) is 3.98. The molecule has 1 aromatic rings. The summed E-state index contributed by atoms with van der Waals surface area (Å²) in [5.74, 6) is -1.54. The van der Waals surface area contributed by atoms with Crippen LogP contribution in [0.3, 0.4) is 0 Å². The second-order valence-electron chi connectivity index (χ2n) is 5.53. The molecule has 4 heteroatoms. The Labute approximate surface area is 113 Å². The molecule has 2 rings (SSSR count). The fraction of sp³-hybridized carbons (Fsp3) is 0.600. The highest BCUT2D eigenvalue weighted by Gasteiger charge is 2.26. The van der Waals surface area contributed by atoms with E-state index in [0.29, 0.717) is 17.6 Å². The number of nitrogens with zero attached hydrogens (tertiary/aromatic N) is 1. The van der Waals surface area contributed by atoms with Gasteiger partial charge in [-0.15, -0.1) is 0 Å². The minimum atomic E-state index is -0.786. The van der Waals surface area contributed by atoms with Gasteiger partial charge in [0.05, 0.1) is 0 Å². The van der Waals surface area contributed by atoms with E-state index in [0.717, 1.165) is 18.9 Å². The summed E-state index contributed by atoms with van der Waals surface area (Å²) in [7, 11) is 0. The summed E-state index contributed by atoms with van der Waals surface area (Å²) in [4.78, 5) is 0. The highest BCUT2D eigenvalue weighted by molar-refractivity contribution is 5.21. The predicted octanol–water partition coefficient (Wildman–Crippen LogP) is 3.79. The first kappa shape index (κ1) is 14.4. The molecule has 1 N–H and O–H groups in total. The van der Waals surface area contributed by atoms with E-state index in [1.165, 1.54) is 6.42 Å². The lowest BCUT2D eigenvalue weighted by Gasteiger charge is -2.41. The van der Waals surface area contributed by atoms with Crippen molar-refractivity contribution in [1.29, 1.82) is 0 Å². The quantitative estimate of drug-likeness (QED) is 0.897. The monoisotopic (exact) mass is 268 g/mol. The Bertz CT molecular complexity index is 426. The van der Waals surface area contributed by atoms with Crippen molar-refractivity contribution in [1.82, 2.24) is 10.4 Å². The van der Waals surface area contributed by atoms with Gasteiger partial charge in [0.25, 0.3) is 0 Å². The van der Waals surface area contributed by atoms with Crippen molar-refractivity contribution in [2.24, 2.45) is 0 Å². The van der Waals surface area contributed by atoms with Gasteiger partial charge in [0.2, 0.25) is 0 Å². The summed E-state index contributed by atoms with van der Waals surface area (Å²) in [5.41, 5.74) is 3.71. The molecular formula is C15H22F2N2. The molecular weight excluding hydrogens is 246 g/mol. The molecule has 2 nitrogen and oxygen atoms in total. The maximum Gasteiger partial charge on any atom is 0.163 e. The number of hydrogen-bond acceptors (Lipinski definition) is 2. The Balaban J connectivity index is 2.11. The van der Waals surface area contributed by atoms with Crippen LogP contribution in [0.2, 0.25) is 0 Å². The smallest absolute Gasteiger partial charge is 0.163 e. The van der Waals surface area contributed by atoms with E-state index < -0.39 is 11.6 Å². The number of hydrogen-bond donors (Lipinski definition) is 1. The number of hydrazine groups is 1. The van der Waals surface area contributed by atoms with E-state index in [2.05, 4.69) is 24.3 Å². The van der Waals surface area contributed by atoms with Gasteiger partial charge in [-0.1, -0.05) is 18.6 Å². The predicted molar refractivity (Wildman–Crippen MR) is 72.5 cm³/mol. The number of nitrogens with one attached hydrogen (secondary N) is 1. The SMILES string of the molecule is CC(NN1C(C)CCCC1C)c1cccc(F)c1F. The van der Waals surface area contributed by atoms with Gasteiger partial charge in [0.15, 0.2) is 11.6 Å². The summed E-state index contributed by atoms with van der Waals surface area (Å²) in [6.07, 6.45) is 3.49. The minimum Gasteiger partial charge on any atom is -0.247 e. The Morgan fingerprint density at radius 2 is 1.84 bits per heavy atom. The third kappa shape index (κ3) is 3.12. The third-order valence-corrected chi connectivity index (χ3v) is 3.98. The summed E-state index contributed by atoms with van der Waals surface area (Å²) < 4.78 is 27.0. The van der Waals surface area contributed by atoms with Crippen LogP contribution in [0.1, 0.15) is 51.6 Å². The summed E-state index contributed by atoms with van der Waals surface area (Å²) >= 11 is 0. The number of piperidine rings is 1. The second kappa shape index (κ2) is 5.97. The zero-order chi connectivity index (χ0) is 14.0. The van der Waals surface area contributed by atoms with Crippen LogP contribution >= 0.6 is 0 Å². The molecule has 0 aromatic heterocycles. The van der Waals surface area contributed by atoms with Crippen LogP contribution in [0.15, 0.2) is 18.2 Å². The molecule has 1 saturated heterocycles. The molecule has 0 aliphatic carbocycles. The molecule has 1 aliphatic heterocycles. The summed E-state index contributed by atoms with van der Waals surface area (Å²) in [6.45, 7) is 6.19. The Morgan fingerprint density at radius 1 is 1.21 bits per heavy atom. The highest BCUT2D eigenvalue weighted by Crippen LogP contribution is 2.24. The van der Waals surface area contributed by atoms with Crippen LogP contribution in [0, 0.1) is 11.6 Å². The Hall–Kier alpha value is -1.00. The molecule has 1 aliphatic rings. The largest absolute Gasteiger partial charge is 0.247 e. The van der Waals surface area contributed by atoms with Crippen molar-refractivity contribution < 1.29 is 8.78 Å². The number of rotatable bonds is 3. The minimum absolute atomic E-state index is 0.237. The van der Waals surface area contributed by atoms with Crippen LogP contribution in [-0.4, -0.2) is 17.1 Å². The first-order valence-electron chi connectivity index (χ1n) is 6.99. The standard InChI is InChI=1S/C15H22F2N2/c1-10-6-4-7-11(2)19(10)18-12(3)13-8-5-9-14(16)15(13)17/h5,8-12,18H,4,6-7H2,1-3H3. The maximum absolute atomic E-state index is 13.8. The Kier molecular flexibility index (Phi) is 4.53. The zero-order valence-corrected chi connectivity index (χ0v) is 11.8. The molecule has 106 valence electrons. The molecule has 0 radical (unpaired) electrons. The van der Waals surface area contributed by atoms with Gasteiger partial charge in [-0.3, -0.25) is 0 Å². The van der Waals surface area contributed by atoms with Crippen LogP contribution < -0.4 is 5.43 Å². The summed E-state index contributed by atoms with van der Waals surface area (Å²) in [6, 6.07) is 4.94. The fourth-order valence-corrected chi connectivity index (χ4v) is 2.82. The molecule has 3 atom stereocenters. The Morgan fingerprint density at radius 3 is 2.47 bits per heavy atom. The molecule has 19 heavy (non-hydrogen) atoms. The number of halogens is 2. The lowest BCUT2D eigenvalue weighted by molar-refractivity contribution is 0.0314. The van der Waals surface area contributed by atoms with Crippen LogP contribution in [0.5, 0.6) is 0 Å². The van der Waals surface area contributed by atoms with Crippen molar-refractivity contribution in [3.05, 3.63) is 35.4 Å². The van der Waals surface area contributed by atoms with Crippen LogP contribution in [-0.2, 0) is 0 Å². The topological polar surface area (TPSA) is 15.3 Å². The van der Waals surface area contributed by atoms with E-state index >= 15 is 0 Å². The van der Waals surface area contributed by atoms with Crippen molar-refractivity contribution in [2.75, 3.05) is 0 Å². The molecule has 0 amide bonds. The van der Waals surface area contributed by atoms with Gasteiger partial charge in [0.1, 0.15) is 0 Å². The van der Waals surface area contributed by atoms with Crippen molar-refractivity contribution in [3.8, 4) is 0 Å². The van der Waals surface area contributed by atoms with Gasteiger partial charge >= 0.3 is 0 Å². The first-order chi connectivity index (χ1) is 9.00. The maximum atomic E-state index is 13.8. The molecule has 1 fully saturated rings. The van der Waals surface area contributed by atoms with Gasteiger partial charge in [0, 0.05) is 23.7 Å². The van der Waals surface area contributed by atoms with Gasteiger partial charge < -0.3 is 0 Å². The number of benzene rings is 1. The van der Waals surface area contributed by atoms with Crippen molar-refractivity contribution >= 4 is 0 Å². The van der Waals surface area contributed by atoms with E-state index in [1.54, 1.807) is 12.1 Å². The van der Waals surface area contributed by atoms with Gasteiger partial charge in [-0.2, -0.15) is 0 Å². The highest BCUT2D eigenvalue weighted by atomic mass is 19.2. The normalized spacial score (nSPS) is 26.4. The van der Waals surface area contributed by atoms with Crippen molar-refractivity contribution in [2.45, 2.75) is 58.2 Å². The van der Waals surface area contributed by atoms with E-state index in [4.69, 9.17) is 0 Å².